The Balaban J connectivity index is 1.20. The summed E-state index contributed by atoms with van der Waals surface area (Å²) < 4.78 is 0. The molecule has 0 bridgehead atoms. The molecule has 8 nitrogen and oxygen atoms in total. The maximum absolute atomic E-state index is 14.6. The highest BCUT2D eigenvalue weighted by Gasteiger charge is 2.47. The average Bonchev–Trinajstić information content (AvgIpc) is 3.78. The molecule has 3 amide bonds. The maximum atomic E-state index is 14.6. The summed E-state index contributed by atoms with van der Waals surface area (Å²) >= 11 is 0. The van der Waals surface area contributed by atoms with E-state index in [0.717, 1.165) is 55.6 Å². The van der Waals surface area contributed by atoms with Crippen LogP contribution in [0.15, 0.2) is 91.0 Å². The third kappa shape index (κ3) is 7.76. The monoisotopic (exact) mass is 664 g/mol. The Morgan fingerprint density at radius 3 is 1.92 bits per heavy atom. The number of carbonyl (C=O) groups is 3. The van der Waals surface area contributed by atoms with Gasteiger partial charge < -0.3 is 25.1 Å². The van der Waals surface area contributed by atoms with Gasteiger partial charge in [0.1, 0.15) is 12.1 Å². The van der Waals surface area contributed by atoms with Crippen LogP contribution in [0.25, 0.3) is 0 Å². The van der Waals surface area contributed by atoms with E-state index in [1.165, 1.54) is 0 Å². The van der Waals surface area contributed by atoms with Gasteiger partial charge in [0.15, 0.2) is 0 Å². The Bertz CT molecular complexity index is 1450. The molecule has 0 spiro atoms. The van der Waals surface area contributed by atoms with Crippen molar-refractivity contribution in [2.75, 3.05) is 39.3 Å². The molecule has 3 saturated heterocycles. The summed E-state index contributed by atoms with van der Waals surface area (Å²) in [7, 11) is 0. The van der Waals surface area contributed by atoms with Gasteiger partial charge in [0.2, 0.25) is 17.7 Å². The second-order valence-corrected chi connectivity index (χ2v) is 14.7. The molecule has 49 heavy (non-hydrogen) atoms. The standard InChI is InChI=1S/C41H52N4O4/c1-30(2)27-43-22-12-14-31(28-43)26-42-39(48)36-21-13-23-44(36)40(49)37-24-35(46)29-45(37)38(47)25-41(32-15-6-3-7-16-32,33-17-8-4-9-18-33)34-19-10-5-11-20-34/h3-11,15-20,30-31,35-37,46H,12-14,21-29H2,1-2H3,(H,42,48). The quantitative estimate of drug-likeness (QED) is 0.286. The molecular formula is C41H52N4O4. The van der Waals surface area contributed by atoms with Crippen LogP contribution in [0.5, 0.6) is 0 Å². The first kappa shape index (κ1) is 34.8. The smallest absolute Gasteiger partial charge is 0.246 e. The van der Waals surface area contributed by atoms with Gasteiger partial charge in [-0.3, -0.25) is 14.4 Å². The number of hydrogen-bond acceptors (Lipinski definition) is 5. The molecule has 0 aromatic heterocycles. The van der Waals surface area contributed by atoms with E-state index in [4.69, 9.17) is 0 Å². The molecule has 3 fully saturated rings. The zero-order valence-electron chi connectivity index (χ0n) is 29.0. The molecule has 260 valence electrons. The van der Waals surface area contributed by atoms with Gasteiger partial charge in [-0.05, 0) is 60.8 Å². The first-order valence-corrected chi connectivity index (χ1v) is 18.2. The van der Waals surface area contributed by atoms with Crippen LogP contribution in [0, 0.1) is 11.8 Å². The molecule has 8 heteroatoms. The minimum atomic E-state index is -0.821. The van der Waals surface area contributed by atoms with E-state index in [1.54, 1.807) is 9.80 Å². The number of amides is 3. The number of benzene rings is 3. The number of piperidine rings is 1. The molecule has 3 heterocycles. The van der Waals surface area contributed by atoms with Crippen molar-refractivity contribution in [3.05, 3.63) is 108 Å². The first-order valence-electron chi connectivity index (χ1n) is 18.2. The van der Waals surface area contributed by atoms with E-state index in [-0.39, 0.29) is 37.1 Å². The van der Waals surface area contributed by atoms with Gasteiger partial charge in [-0.15, -0.1) is 0 Å². The highest BCUT2D eigenvalue weighted by molar-refractivity contribution is 5.93. The summed E-state index contributed by atoms with van der Waals surface area (Å²) in [5.74, 6) is 0.458. The normalized spacial score (nSPS) is 23.2. The lowest BCUT2D eigenvalue weighted by Gasteiger charge is -2.38. The van der Waals surface area contributed by atoms with Gasteiger partial charge in [0, 0.05) is 45.6 Å². The number of carbonyl (C=O) groups excluding carboxylic acids is 3. The minimum absolute atomic E-state index is 0.0840. The number of nitrogens with zero attached hydrogens (tertiary/aromatic N) is 3. The van der Waals surface area contributed by atoms with Crippen molar-refractivity contribution in [1.29, 1.82) is 0 Å². The molecule has 0 aliphatic carbocycles. The summed E-state index contributed by atoms with van der Waals surface area (Å²) in [5, 5.41) is 14.1. The van der Waals surface area contributed by atoms with Crippen molar-refractivity contribution < 1.29 is 19.5 Å². The Hall–Kier alpha value is -4.01. The van der Waals surface area contributed by atoms with Crippen LogP contribution in [0.1, 0.15) is 69.1 Å². The summed E-state index contributed by atoms with van der Waals surface area (Å²) in [6.07, 6.45) is 3.00. The van der Waals surface area contributed by atoms with Crippen molar-refractivity contribution >= 4 is 17.7 Å². The fourth-order valence-electron chi connectivity index (χ4n) is 8.48. The van der Waals surface area contributed by atoms with Gasteiger partial charge in [-0.25, -0.2) is 0 Å². The van der Waals surface area contributed by atoms with Gasteiger partial charge in [0.25, 0.3) is 0 Å². The zero-order valence-corrected chi connectivity index (χ0v) is 29.0. The lowest BCUT2D eigenvalue weighted by Crippen LogP contribution is -2.54. The molecule has 0 radical (unpaired) electrons. The highest BCUT2D eigenvalue weighted by Crippen LogP contribution is 2.43. The van der Waals surface area contributed by atoms with E-state index in [9.17, 15) is 19.5 Å². The van der Waals surface area contributed by atoms with Crippen molar-refractivity contribution in [3.8, 4) is 0 Å². The number of hydrogen-bond donors (Lipinski definition) is 2. The summed E-state index contributed by atoms with van der Waals surface area (Å²) in [6.45, 7) is 8.81. The second-order valence-electron chi connectivity index (χ2n) is 14.7. The van der Waals surface area contributed by atoms with Crippen LogP contribution in [0.4, 0.5) is 0 Å². The van der Waals surface area contributed by atoms with E-state index >= 15 is 0 Å². The van der Waals surface area contributed by atoms with Crippen molar-refractivity contribution in [1.82, 2.24) is 20.0 Å². The van der Waals surface area contributed by atoms with Crippen LogP contribution in [0.2, 0.25) is 0 Å². The number of aliphatic hydroxyl groups excluding tert-OH is 1. The molecule has 3 aromatic carbocycles. The van der Waals surface area contributed by atoms with E-state index in [0.29, 0.717) is 31.3 Å². The summed E-state index contributed by atoms with van der Waals surface area (Å²) in [4.78, 5) is 48.2. The number of aliphatic hydroxyl groups is 1. The lowest BCUT2D eigenvalue weighted by molar-refractivity contribution is -0.146. The predicted molar refractivity (Wildman–Crippen MR) is 192 cm³/mol. The topological polar surface area (TPSA) is 93.2 Å². The molecule has 4 atom stereocenters. The van der Waals surface area contributed by atoms with E-state index < -0.39 is 23.6 Å². The molecule has 2 N–H and O–H groups in total. The fourth-order valence-corrected chi connectivity index (χ4v) is 8.48. The SMILES string of the molecule is CC(C)CN1CCCC(CNC(=O)C2CCCN2C(=O)C2CC(O)CN2C(=O)CC(c2ccccc2)(c2ccccc2)c2ccccc2)C1. The van der Waals surface area contributed by atoms with Crippen molar-refractivity contribution in [2.45, 2.75) is 76.0 Å². The zero-order chi connectivity index (χ0) is 34.4. The van der Waals surface area contributed by atoms with Gasteiger partial charge in [0.05, 0.1) is 11.5 Å². The Morgan fingerprint density at radius 1 is 0.776 bits per heavy atom. The number of rotatable bonds is 11. The number of β-amino-alcohol motifs (C(OH)–C–C–N with tert-alkyl or cyclic N) is 1. The number of likely N-dealkylation sites (tertiary alicyclic amines) is 3. The third-order valence-electron chi connectivity index (χ3n) is 10.7. The predicted octanol–water partition coefficient (Wildman–Crippen LogP) is 4.85. The second kappa shape index (κ2) is 15.7. The van der Waals surface area contributed by atoms with E-state index in [2.05, 4.69) is 60.5 Å². The molecule has 3 aliphatic rings. The average molecular weight is 665 g/mol. The molecule has 3 aromatic rings. The summed E-state index contributed by atoms with van der Waals surface area (Å²) in [6, 6.07) is 28.8. The maximum Gasteiger partial charge on any atom is 0.246 e. The van der Waals surface area contributed by atoms with Crippen LogP contribution < -0.4 is 5.32 Å². The lowest BCUT2D eigenvalue weighted by atomic mass is 9.67. The highest BCUT2D eigenvalue weighted by atomic mass is 16.3. The Morgan fingerprint density at radius 2 is 1.35 bits per heavy atom. The number of nitrogens with one attached hydrogen (secondary N) is 1. The van der Waals surface area contributed by atoms with Crippen LogP contribution in [0.3, 0.4) is 0 Å². The Kier molecular flexibility index (Phi) is 11.2. The molecule has 4 unspecified atom stereocenters. The largest absolute Gasteiger partial charge is 0.391 e. The van der Waals surface area contributed by atoms with Gasteiger partial charge >= 0.3 is 0 Å². The van der Waals surface area contributed by atoms with Gasteiger partial charge in [-0.2, -0.15) is 0 Å². The van der Waals surface area contributed by atoms with Crippen LogP contribution in [-0.4, -0.2) is 95.0 Å². The van der Waals surface area contributed by atoms with Gasteiger partial charge in [-0.1, -0.05) is 105 Å². The molecule has 6 rings (SSSR count). The molecule has 3 aliphatic heterocycles. The first-order chi connectivity index (χ1) is 23.8. The third-order valence-corrected chi connectivity index (χ3v) is 10.7. The van der Waals surface area contributed by atoms with Crippen molar-refractivity contribution in [3.63, 3.8) is 0 Å². The Labute approximate surface area is 291 Å². The van der Waals surface area contributed by atoms with Crippen LogP contribution in [-0.2, 0) is 19.8 Å². The molecular weight excluding hydrogens is 612 g/mol. The fraction of sp³-hybridized carbons (Fsp3) is 0.488. The minimum Gasteiger partial charge on any atom is -0.391 e. The van der Waals surface area contributed by atoms with E-state index in [1.807, 2.05) is 54.6 Å². The summed E-state index contributed by atoms with van der Waals surface area (Å²) in [5.41, 5.74) is 2.11. The van der Waals surface area contributed by atoms with Crippen LogP contribution >= 0.6 is 0 Å². The van der Waals surface area contributed by atoms with Crippen molar-refractivity contribution in [2.24, 2.45) is 11.8 Å². The molecule has 0 saturated carbocycles.